The first-order valence-corrected chi connectivity index (χ1v) is 7.98. The average Bonchev–Trinajstić information content (AvgIpc) is 2.63. The molecule has 2 aromatic rings. The molecule has 0 bridgehead atoms. The lowest BCUT2D eigenvalue weighted by atomic mass is 10.1. The molecular formula is C19H21FN2O3. The standard InChI is InChI=1S/C19H21FN2O3/c1-25-17(15-8-5-9-16(20)12-15)13-22-19(24)18(23)21-11-10-14-6-3-2-4-7-14/h2-9,12,17H,10-11,13H2,1H3,(H,21,23)(H,22,24). The Balaban J connectivity index is 1.77. The molecule has 2 N–H and O–H groups in total. The molecule has 0 aliphatic carbocycles. The van der Waals surface area contributed by atoms with Crippen molar-refractivity contribution in [1.29, 1.82) is 0 Å². The quantitative estimate of drug-likeness (QED) is 0.755. The number of methoxy groups -OCH3 is 1. The van der Waals surface area contributed by atoms with Gasteiger partial charge in [-0.1, -0.05) is 42.5 Å². The number of rotatable bonds is 7. The fourth-order valence-corrected chi connectivity index (χ4v) is 2.36. The molecule has 0 aromatic heterocycles. The number of amides is 2. The Labute approximate surface area is 146 Å². The maximum Gasteiger partial charge on any atom is 0.309 e. The molecule has 2 amide bonds. The van der Waals surface area contributed by atoms with E-state index in [-0.39, 0.29) is 12.4 Å². The Morgan fingerprint density at radius 2 is 1.76 bits per heavy atom. The summed E-state index contributed by atoms with van der Waals surface area (Å²) >= 11 is 0. The summed E-state index contributed by atoms with van der Waals surface area (Å²) in [7, 11) is 1.46. The van der Waals surface area contributed by atoms with Crippen molar-refractivity contribution in [1.82, 2.24) is 10.6 Å². The minimum absolute atomic E-state index is 0.0743. The molecule has 0 saturated carbocycles. The van der Waals surface area contributed by atoms with E-state index in [1.165, 1.54) is 19.2 Å². The normalized spacial score (nSPS) is 11.6. The zero-order valence-electron chi connectivity index (χ0n) is 14.0. The van der Waals surface area contributed by atoms with E-state index in [1.807, 2.05) is 30.3 Å². The van der Waals surface area contributed by atoms with E-state index < -0.39 is 17.9 Å². The van der Waals surface area contributed by atoms with Crippen molar-refractivity contribution in [2.45, 2.75) is 12.5 Å². The number of hydrogen-bond donors (Lipinski definition) is 2. The van der Waals surface area contributed by atoms with Crippen LogP contribution in [0.15, 0.2) is 54.6 Å². The van der Waals surface area contributed by atoms with Crippen molar-refractivity contribution < 1.29 is 18.7 Å². The van der Waals surface area contributed by atoms with E-state index in [2.05, 4.69) is 10.6 Å². The first-order chi connectivity index (χ1) is 12.1. The van der Waals surface area contributed by atoms with Gasteiger partial charge in [0.2, 0.25) is 0 Å². The summed E-state index contributed by atoms with van der Waals surface area (Å²) in [6, 6.07) is 15.6. The molecule has 0 saturated heterocycles. The Kier molecular flexibility index (Phi) is 7.10. The Morgan fingerprint density at radius 3 is 2.44 bits per heavy atom. The molecule has 1 unspecified atom stereocenters. The average molecular weight is 344 g/mol. The number of benzene rings is 2. The third kappa shape index (κ3) is 6.00. The van der Waals surface area contributed by atoms with Gasteiger partial charge in [0.25, 0.3) is 0 Å². The van der Waals surface area contributed by atoms with Crippen molar-refractivity contribution in [3.05, 3.63) is 71.5 Å². The van der Waals surface area contributed by atoms with Gasteiger partial charge in [0.05, 0.1) is 6.10 Å². The van der Waals surface area contributed by atoms with E-state index in [1.54, 1.807) is 12.1 Å². The van der Waals surface area contributed by atoms with E-state index in [9.17, 15) is 14.0 Å². The first kappa shape index (κ1) is 18.6. The topological polar surface area (TPSA) is 67.4 Å². The lowest BCUT2D eigenvalue weighted by Gasteiger charge is -2.16. The van der Waals surface area contributed by atoms with Gasteiger partial charge in [0, 0.05) is 20.2 Å². The zero-order valence-corrected chi connectivity index (χ0v) is 14.0. The zero-order chi connectivity index (χ0) is 18.1. The van der Waals surface area contributed by atoms with Crippen LogP contribution in [0.1, 0.15) is 17.2 Å². The highest BCUT2D eigenvalue weighted by molar-refractivity contribution is 6.35. The first-order valence-electron chi connectivity index (χ1n) is 7.98. The Bertz CT molecular complexity index is 707. The number of halogens is 1. The van der Waals surface area contributed by atoms with Gasteiger partial charge >= 0.3 is 11.8 Å². The van der Waals surface area contributed by atoms with E-state index in [4.69, 9.17) is 4.74 Å². The number of carbonyl (C=O) groups is 2. The maximum atomic E-state index is 13.3. The minimum atomic E-state index is -0.744. The molecule has 5 nitrogen and oxygen atoms in total. The lowest BCUT2D eigenvalue weighted by molar-refractivity contribution is -0.139. The Morgan fingerprint density at radius 1 is 1.04 bits per heavy atom. The Hall–Kier alpha value is -2.73. The van der Waals surface area contributed by atoms with Crippen molar-refractivity contribution in [3.8, 4) is 0 Å². The van der Waals surface area contributed by atoms with Crippen LogP contribution in [0.2, 0.25) is 0 Å². The van der Waals surface area contributed by atoms with Gasteiger partial charge < -0.3 is 15.4 Å². The largest absolute Gasteiger partial charge is 0.375 e. The highest BCUT2D eigenvalue weighted by atomic mass is 19.1. The maximum absolute atomic E-state index is 13.3. The third-order valence-electron chi connectivity index (χ3n) is 3.70. The van der Waals surface area contributed by atoms with Crippen LogP contribution in [-0.2, 0) is 20.7 Å². The van der Waals surface area contributed by atoms with E-state index in [0.29, 0.717) is 18.5 Å². The smallest absolute Gasteiger partial charge is 0.309 e. The molecule has 0 aliphatic rings. The fourth-order valence-electron chi connectivity index (χ4n) is 2.36. The number of carbonyl (C=O) groups excluding carboxylic acids is 2. The number of ether oxygens (including phenoxy) is 1. The molecule has 25 heavy (non-hydrogen) atoms. The molecule has 0 aliphatic heterocycles. The van der Waals surface area contributed by atoms with Gasteiger partial charge in [-0.3, -0.25) is 9.59 Å². The second-order valence-electron chi connectivity index (χ2n) is 5.48. The van der Waals surface area contributed by atoms with E-state index in [0.717, 1.165) is 5.56 Å². The molecule has 2 aromatic carbocycles. The highest BCUT2D eigenvalue weighted by Crippen LogP contribution is 2.16. The van der Waals surface area contributed by atoms with Crippen molar-refractivity contribution in [3.63, 3.8) is 0 Å². The second-order valence-corrected chi connectivity index (χ2v) is 5.48. The van der Waals surface area contributed by atoms with Crippen LogP contribution < -0.4 is 10.6 Å². The van der Waals surface area contributed by atoms with Gasteiger partial charge in [-0.25, -0.2) is 4.39 Å². The predicted molar refractivity (Wildman–Crippen MR) is 92.3 cm³/mol. The second kappa shape index (κ2) is 9.54. The predicted octanol–water partition coefficient (Wildman–Crippen LogP) is 1.99. The molecule has 1 atom stereocenters. The van der Waals surface area contributed by atoms with E-state index >= 15 is 0 Å². The molecule has 0 radical (unpaired) electrons. The van der Waals surface area contributed by atoms with Crippen LogP contribution in [0, 0.1) is 5.82 Å². The van der Waals surface area contributed by atoms with Crippen LogP contribution in [0.25, 0.3) is 0 Å². The van der Waals surface area contributed by atoms with Crippen LogP contribution in [0.4, 0.5) is 4.39 Å². The molecule has 2 rings (SSSR count). The lowest BCUT2D eigenvalue weighted by Crippen LogP contribution is -2.42. The molecule has 0 spiro atoms. The summed E-state index contributed by atoms with van der Waals surface area (Å²) in [5.74, 6) is -1.83. The molecule has 6 heteroatoms. The highest BCUT2D eigenvalue weighted by Gasteiger charge is 2.17. The minimum Gasteiger partial charge on any atom is -0.375 e. The van der Waals surface area contributed by atoms with Crippen LogP contribution in [0.3, 0.4) is 0 Å². The monoisotopic (exact) mass is 344 g/mol. The molecule has 0 fully saturated rings. The van der Waals surface area contributed by atoms with Crippen molar-refractivity contribution in [2.75, 3.05) is 20.2 Å². The molecule has 132 valence electrons. The van der Waals surface area contributed by atoms with Gasteiger partial charge in [-0.2, -0.15) is 0 Å². The molecule has 0 heterocycles. The van der Waals surface area contributed by atoms with Gasteiger partial charge in [-0.15, -0.1) is 0 Å². The van der Waals surface area contributed by atoms with Crippen molar-refractivity contribution >= 4 is 11.8 Å². The number of nitrogens with one attached hydrogen (secondary N) is 2. The summed E-state index contributed by atoms with van der Waals surface area (Å²) in [6.45, 7) is 0.443. The number of hydrogen-bond acceptors (Lipinski definition) is 3. The SMILES string of the molecule is COC(CNC(=O)C(=O)NCCc1ccccc1)c1cccc(F)c1. The summed E-state index contributed by atoms with van der Waals surface area (Å²) in [5, 5.41) is 5.07. The van der Waals surface area contributed by atoms with Crippen molar-refractivity contribution in [2.24, 2.45) is 0 Å². The summed E-state index contributed by atoms with van der Waals surface area (Å²) in [5.41, 5.74) is 1.67. The summed E-state index contributed by atoms with van der Waals surface area (Å²) < 4.78 is 18.5. The van der Waals surface area contributed by atoms with Crippen LogP contribution in [0.5, 0.6) is 0 Å². The van der Waals surface area contributed by atoms with Gasteiger partial charge in [0.15, 0.2) is 0 Å². The van der Waals surface area contributed by atoms with Crippen LogP contribution >= 0.6 is 0 Å². The summed E-state index contributed by atoms with van der Waals surface area (Å²) in [6.07, 6.45) is 0.112. The van der Waals surface area contributed by atoms with Crippen LogP contribution in [-0.4, -0.2) is 32.0 Å². The summed E-state index contributed by atoms with van der Waals surface area (Å²) in [4.78, 5) is 23.7. The third-order valence-corrected chi connectivity index (χ3v) is 3.70. The molecular weight excluding hydrogens is 323 g/mol. The van der Waals surface area contributed by atoms with Gasteiger partial charge in [-0.05, 0) is 29.7 Å². The fraction of sp³-hybridized carbons (Fsp3) is 0.263. The van der Waals surface area contributed by atoms with Gasteiger partial charge in [0.1, 0.15) is 5.82 Å².